The number of Topliss-reactive ketones (excluding diaryl/α,β-unsaturated/α-hetero) is 1. The molecule has 1 aromatic carbocycles. The van der Waals surface area contributed by atoms with Gasteiger partial charge in [-0.15, -0.1) is 0 Å². The Kier molecular flexibility index (Phi) is 4.56. The van der Waals surface area contributed by atoms with Gasteiger partial charge in [-0.25, -0.2) is 0 Å². The van der Waals surface area contributed by atoms with Crippen LogP contribution in [0.1, 0.15) is 6.92 Å². The van der Waals surface area contributed by atoms with Gasteiger partial charge < -0.3 is 4.90 Å². The van der Waals surface area contributed by atoms with Crippen molar-refractivity contribution < 1.29 is 4.79 Å². The average Bonchev–Trinajstić information content (AvgIpc) is 2.75. The number of nitrogens with zero attached hydrogens (tertiary/aromatic N) is 2. The summed E-state index contributed by atoms with van der Waals surface area (Å²) in [5, 5.41) is 10.0. The Bertz CT molecular complexity index is 575. The topological polar surface area (TPSA) is 44.1 Å². The van der Waals surface area contributed by atoms with Crippen LogP contribution >= 0.6 is 23.5 Å². The van der Waals surface area contributed by atoms with Gasteiger partial charge in [-0.3, -0.25) is 4.79 Å². The van der Waals surface area contributed by atoms with Gasteiger partial charge in [-0.1, -0.05) is 30.8 Å². The molecule has 1 aliphatic heterocycles. The molecule has 5 heteroatoms. The van der Waals surface area contributed by atoms with E-state index in [1.54, 1.807) is 11.8 Å². The number of allylic oxidation sites excluding steroid dienone is 1. The molecular formula is C14H14N2OS2. The van der Waals surface area contributed by atoms with Gasteiger partial charge in [0.15, 0.2) is 5.78 Å². The second-order valence-corrected chi connectivity index (χ2v) is 6.29. The van der Waals surface area contributed by atoms with Gasteiger partial charge in [0, 0.05) is 11.9 Å². The van der Waals surface area contributed by atoms with E-state index in [-0.39, 0.29) is 11.4 Å². The van der Waals surface area contributed by atoms with Crippen molar-refractivity contribution in [2.24, 2.45) is 0 Å². The number of hydrogen-bond acceptors (Lipinski definition) is 5. The van der Waals surface area contributed by atoms with Crippen molar-refractivity contribution in [1.82, 2.24) is 0 Å². The van der Waals surface area contributed by atoms with Crippen molar-refractivity contribution in [3.8, 4) is 6.07 Å². The van der Waals surface area contributed by atoms with Crippen LogP contribution in [0.15, 0.2) is 39.8 Å². The van der Waals surface area contributed by atoms with Gasteiger partial charge >= 0.3 is 0 Å². The fourth-order valence-corrected chi connectivity index (χ4v) is 3.51. The van der Waals surface area contributed by atoms with Crippen molar-refractivity contribution >= 4 is 35.0 Å². The lowest BCUT2D eigenvalue weighted by Crippen LogP contribution is -2.16. The zero-order valence-electron chi connectivity index (χ0n) is 10.8. The number of benzene rings is 1. The molecule has 0 radical (unpaired) electrons. The lowest BCUT2D eigenvalue weighted by atomic mass is 10.2. The van der Waals surface area contributed by atoms with E-state index in [1.165, 1.54) is 11.8 Å². The third kappa shape index (κ3) is 2.80. The molecule has 0 saturated heterocycles. The number of carbonyl (C=O) groups excluding carboxylic acids is 1. The van der Waals surface area contributed by atoms with Crippen molar-refractivity contribution in [3.05, 3.63) is 34.9 Å². The van der Waals surface area contributed by atoms with E-state index >= 15 is 0 Å². The summed E-state index contributed by atoms with van der Waals surface area (Å²) in [6, 6.07) is 9.99. The van der Waals surface area contributed by atoms with Crippen LogP contribution in [0.2, 0.25) is 0 Å². The molecule has 0 saturated carbocycles. The van der Waals surface area contributed by atoms with Crippen molar-refractivity contribution in [3.63, 3.8) is 0 Å². The van der Waals surface area contributed by atoms with Gasteiger partial charge in [0.2, 0.25) is 0 Å². The highest BCUT2D eigenvalue weighted by Gasteiger charge is 2.27. The first kappa shape index (κ1) is 14.0. The average molecular weight is 290 g/mol. The van der Waals surface area contributed by atoms with E-state index in [4.69, 9.17) is 0 Å². The highest BCUT2D eigenvalue weighted by molar-refractivity contribution is 8.03. The molecule has 98 valence electrons. The lowest BCUT2D eigenvalue weighted by Gasteiger charge is -2.14. The smallest absolute Gasteiger partial charge is 0.185 e. The third-order valence-electron chi connectivity index (χ3n) is 2.78. The number of fused-ring (bicyclic) bond motifs is 1. The molecule has 1 aliphatic rings. The summed E-state index contributed by atoms with van der Waals surface area (Å²) >= 11 is 3.03. The first-order valence-electron chi connectivity index (χ1n) is 5.95. The Morgan fingerprint density at radius 1 is 1.47 bits per heavy atom. The maximum absolute atomic E-state index is 12.1. The fourth-order valence-electron chi connectivity index (χ4n) is 1.82. The summed E-state index contributed by atoms with van der Waals surface area (Å²) in [6.45, 7) is 2.00. The van der Waals surface area contributed by atoms with Gasteiger partial charge in [0.25, 0.3) is 0 Å². The molecule has 0 spiro atoms. The van der Waals surface area contributed by atoms with E-state index in [2.05, 4.69) is 6.07 Å². The molecule has 2 rings (SSSR count). The summed E-state index contributed by atoms with van der Waals surface area (Å²) in [7, 11) is 1.89. The molecule has 0 bridgehead atoms. The van der Waals surface area contributed by atoms with E-state index in [1.807, 2.05) is 43.1 Å². The quantitative estimate of drug-likeness (QED) is 0.629. The molecule has 0 atom stereocenters. The van der Waals surface area contributed by atoms with E-state index in [9.17, 15) is 10.1 Å². The number of para-hydroxylation sites is 1. The Morgan fingerprint density at radius 3 is 2.84 bits per heavy atom. The third-order valence-corrected chi connectivity index (χ3v) is 4.89. The Morgan fingerprint density at radius 2 is 2.21 bits per heavy atom. The number of nitriles is 1. The molecule has 0 fully saturated rings. The predicted molar refractivity (Wildman–Crippen MR) is 81.3 cm³/mol. The van der Waals surface area contributed by atoms with Crippen LogP contribution in [0, 0.1) is 11.3 Å². The number of rotatable bonds is 4. The SMILES string of the molecule is CCSCC(=O)C(C#N)=C1Sc2ccccc2N1C. The van der Waals surface area contributed by atoms with Crippen LogP contribution in [0.5, 0.6) is 0 Å². The largest absolute Gasteiger partial charge is 0.337 e. The lowest BCUT2D eigenvalue weighted by molar-refractivity contribution is -0.112. The Labute approximate surface area is 121 Å². The Balaban J connectivity index is 2.33. The predicted octanol–water partition coefficient (Wildman–Crippen LogP) is 3.29. The second-order valence-electron chi connectivity index (χ2n) is 3.98. The minimum Gasteiger partial charge on any atom is -0.337 e. The summed E-state index contributed by atoms with van der Waals surface area (Å²) in [5.41, 5.74) is 1.32. The Hall–Kier alpha value is -1.38. The maximum atomic E-state index is 12.1. The summed E-state index contributed by atoms with van der Waals surface area (Å²) in [6.07, 6.45) is 0. The van der Waals surface area contributed by atoms with Gasteiger partial charge in [-0.2, -0.15) is 17.0 Å². The number of ketones is 1. The zero-order chi connectivity index (χ0) is 13.8. The summed E-state index contributed by atoms with van der Waals surface area (Å²) < 4.78 is 0. The summed E-state index contributed by atoms with van der Waals surface area (Å²) in [5.74, 6) is 1.16. The molecule has 19 heavy (non-hydrogen) atoms. The van der Waals surface area contributed by atoms with Gasteiger partial charge in [0.1, 0.15) is 16.7 Å². The minimum atomic E-state index is -0.0866. The van der Waals surface area contributed by atoms with Crippen molar-refractivity contribution in [1.29, 1.82) is 5.26 Å². The highest BCUT2D eigenvalue weighted by atomic mass is 32.2. The van der Waals surface area contributed by atoms with Crippen LogP contribution in [0.25, 0.3) is 0 Å². The van der Waals surface area contributed by atoms with Crippen LogP contribution in [0.3, 0.4) is 0 Å². The minimum absolute atomic E-state index is 0.0866. The molecular weight excluding hydrogens is 276 g/mol. The monoisotopic (exact) mass is 290 g/mol. The van der Waals surface area contributed by atoms with E-state index in [0.29, 0.717) is 5.75 Å². The molecule has 0 N–H and O–H groups in total. The van der Waals surface area contributed by atoms with Crippen molar-refractivity contribution in [2.75, 3.05) is 23.5 Å². The molecule has 1 heterocycles. The maximum Gasteiger partial charge on any atom is 0.185 e. The van der Waals surface area contributed by atoms with Crippen molar-refractivity contribution in [2.45, 2.75) is 11.8 Å². The number of carbonyl (C=O) groups is 1. The second kappa shape index (κ2) is 6.18. The standard InChI is InChI=1S/C14H14N2OS2/c1-3-18-9-12(17)10(8-15)14-16(2)11-6-4-5-7-13(11)19-14/h4-7H,3,9H2,1-2H3. The zero-order valence-corrected chi connectivity index (χ0v) is 12.5. The van der Waals surface area contributed by atoms with Crippen LogP contribution in [0.4, 0.5) is 5.69 Å². The van der Waals surface area contributed by atoms with Gasteiger partial charge in [0.05, 0.1) is 11.4 Å². The first-order valence-corrected chi connectivity index (χ1v) is 7.92. The van der Waals surface area contributed by atoms with Gasteiger partial charge in [-0.05, 0) is 17.9 Å². The molecule has 0 unspecified atom stereocenters. The molecule has 0 aliphatic carbocycles. The molecule has 0 aromatic heterocycles. The van der Waals surface area contributed by atoms with Crippen LogP contribution < -0.4 is 4.90 Å². The molecule has 0 amide bonds. The number of thioether (sulfide) groups is 2. The fraction of sp³-hybridized carbons (Fsp3) is 0.286. The highest BCUT2D eigenvalue weighted by Crippen LogP contribution is 2.46. The molecule has 3 nitrogen and oxygen atoms in total. The summed E-state index contributed by atoms with van der Waals surface area (Å²) in [4.78, 5) is 15.1. The first-order chi connectivity index (χ1) is 9.19. The van der Waals surface area contributed by atoms with Crippen LogP contribution in [-0.4, -0.2) is 24.3 Å². The van der Waals surface area contributed by atoms with E-state index in [0.717, 1.165) is 21.4 Å². The molecule has 1 aromatic rings. The number of hydrogen-bond donors (Lipinski definition) is 0. The normalized spacial score (nSPS) is 15.9. The van der Waals surface area contributed by atoms with Crippen LogP contribution in [-0.2, 0) is 4.79 Å². The number of anilines is 1. The van der Waals surface area contributed by atoms with E-state index < -0.39 is 0 Å².